The van der Waals surface area contributed by atoms with Gasteiger partial charge < -0.3 is 10.2 Å². The zero-order valence-corrected chi connectivity index (χ0v) is 20.1. The standard InChI is InChI=1S/C24H31N3O4S/c1-6-16(2)20-9-7-8-10-21(20)27-15-18(13-23(27)28)24(29)25-19-12-11-17(3)22(14-19)32(30,31)26(4)5/h7-12,14,16,18H,6,13,15H2,1-5H3,(H,25,29). The van der Waals surface area contributed by atoms with Crippen molar-refractivity contribution in [3.63, 3.8) is 0 Å². The van der Waals surface area contributed by atoms with E-state index in [1.165, 1.54) is 20.2 Å². The highest BCUT2D eigenvalue weighted by Gasteiger charge is 2.36. The second-order valence-corrected chi connectivity index (χ2v) is 10.7. The van der Waals surface area contributed by atoms with E-state index in [9.17, 15) is 18.0 Å². The molecular formula is C24H31N3O4S. The molecule has 0 spiro atoms. The van der Waals surface area contributed by atoms with E-state index >= 15 is 0 Å². The van der Waals surface area contributed by atoms with E-state index in [4.69, 9.17) is 0 Å². The molecular weight excluding hydrogens is 426 g/mol. The largest absolute Gasteiger partial charge is 0.326 e. The Hall–Kier alpha value is -2.71. The van der Waals surface area contributed by atoms with Crippen LogP contribution in [0.4, 0.5) is 11.4 Å². The van der Waals surface area contributed by atoms with Crippen LogP contribution in [-0.2, 0) is 19.6 Å². The number of sulfonamides is 1. The van der Waals surface area contributed by atoms with E-state index in [1.807, 2.05) is 24.3 Å². The van der Waals surface area contributed by atoms with E-state index in [0.29, 0.717) is 23.7 Å². The van der Waals surface area contributed by atoms with Gasteiger partial charge in [0, 0.05) is 38.4 Å². The van der Waals surface area contributed by atoms with Gasteiger partial charge in [0.2, 0.25) is 21.8 Å². The summed E-state index contributed by atoms with van der Waals surface area (Å²) in [6, 6.07) is 12.6. The fourth-order valence-corrected chi connectivity index (χ4v) is 5.03. The van der Waals surface area contributed by atoms with E-state index < -0.39 is 15.9 Å². The highest BCUT2D eigenvalue weighted by Crippen LogP contribution is 2.34. The van der Waals surface area contributed by atoms with Gasteiger partial charge in [-0.3, -0.25) is 9.59 Å². The third-order valence-corrected chi connectivity index (χ3v) is 8.04. The molecule has 0 aliphatic carbocycles. The van der Waals surface area contributed by atoms with Crippen LogP contribution in [0.25, 0.3) is 0 Å². The molecule has 0 saturated carbocycles. The molecule has 0 aromatic heterocycles. The first kappa shape index (κ1) is 23.9. The van der Waals surface area contributed by atoms with Gasteiger partial charge in [-0.25, -0.2) is 12.7 Å². The van der Waals surface area contributed by atoms with Gasteiger partial charge in [0.25, 0.3) is 0 Å². The fraction of sp³-hybridized carbons (Fsp3) is 0.417. The fourth-order valence-electron chi connectivity index (χ4n) is 3.88. The van der Waals surface area contributed by atoms with Gasteiger partial charge in [-0.05, 0) is 48.6 Å². The first-order chi connectivity index (χ1) is 15.1. The summed E-state index contributed by atoms with van der Waals surface area (Å²) in [4.78, 5) is 27.6. The van der Waals surface area contributed by atoms with Gasteiger partial charge in [-0.1, -0.05) is 38.1 Å². The number of carbonyl (C=O) groups is 2. The average molecular weight is 458 g/mol. The lowest BCUT2D eigenvalue weighted by molar-refractivity contribution is -0.122. The summed E-state index contributed by atoms with van der Waals surface area (Å²) in [5.41, 5.74) is 2.95. The van der Waals surface area contributed by atoms with Gasteiger partial charge in [0.05, 0.1) is 10.8 Å². The van der Waals surface area contributed by atoms with Crippen LogP contribution in [0.15, 0.2) is 47.4 Å². The minimum atomic E-state index is -3.63. The first-order valence-corrected chi connectivity index (χ1v) is 12.2. The molecule has 1 fully saturated rings. The van der Waals surface area contributed by atoms with Crippen LogP contribution < -0.4 is 10.2 Å². The van der Waals surface area contributed by atoms with Crippen molar-refractivity contribution in [2.75, 3.05) is 30.9 Å². The molecule has 2 aromatic carbocycles. The van der Waals surface area contributed by atoms with E-state index in [1.54, 1.807) is 24.0 Å². The maximum Gasteiger partial charge on any atom is 0.242 e. The topological polar surface area (TPSA) is 86.8 Å². The molecule has 32 heavy (non-hydrogen) atoms. The molecule has 7 nitrogen and oxygen atoms in total. The van der Waals surface area contributed by atoms with Crippen molar-refractivity contribution < 1.29 is 18.0 Å². The molecule has 1 N–H and O–H groups in total. The minimum absolute atomic E-state index is 0.0827. The smallest absolute Gasteiger partial charge is 0.242 e. The van der Waals surface area contributed by atoms with Crippen LogP contribution in [0.1, 0.15) is 43.7 Å². The molecule has 1 aliphatic heterocycles. The van der Waals surface area contributed by atoms with Crippen LogP contribution in [-0.4, -0.2) is 45.2 Å². The number of benzene rings is 2. The Balaban J connectivity index is 1.80. The minimum Gasteiger partial charge on any atom is -0.326 e. The lowest BCUT2D eigenvalue weighted by Crippen LogP contribution is -2.29. The zero-order valence-electron chi connectivity index (χ0n) is 19.3. The van der Waals surface area contributed by atoms with E-state index in [0.717, 1.165) is 22.0 Å². The molecule has 2 amide bonds. The number of aryl methyl sites for hydroxylation is 1. The predicted molar refractivity (Wildman–Crippen MR) is 126 cm³/mol. The number of hydrogen-bond donors (Lipinski definition) is 1. The quantitative estimate of drug-likeness (QED) is 0.686. The third kappa shape index (κ3) is 4.71. The van der Waals surface area contributed by atoms with E-state index in [-0.39, 0.29) is 23.1 Å². The van der Waals surface area contributed by atoms with Gasteiger partial charge >= 0.3 is 0 Å². The zero-order chi connectivity index (χ0) is 23.6. The molecule has 2 atom stereocenters. The molecule has 1 heterocycles. The lowest BCUT2D eigenvalue weighted by Gasteiger charge is -2.23. The Bertz CT molecular complexity index is 1130. The summed E-state index contributed by atoms with van der Waals surface area (Å²) in [5.74, 6) is -0.584. The van der Waals surface area contributed by atoms with Crippen LogP contribution in [0.5, 0.6) is 0 Å². The summed E-state index contributed by atoms with van der Waals surface area (Å²) in [5, 5.41) is 2.80. The van der Waals surface area contributed by atoms with Gasteiger partial charge in [0.15, 0.2) is 0 Å². The normalized spacial score (nSPS) is 17.6. The number of hydrogen-bond acceptors (Lipinski definition) is 4. The second kappa shape index (κ2) is 9.42. The summed E-state index contributed by atoms with van der Waals surface area (Å²) in [6.45, 7) is 6.24. The number of nitrogens with zero attached hydrogens (tertiary/aromatic N) is 2. The van der Waals surface area contributed by atoms with Crippen molar-refractivity contribution in [1.29, 1.82) is 0 Å². The Morgan fingerprint density at radius 1 is 1.22 bits per heavy atom. The second-order valence-electron chi connectivity index (χ2n) is 8.53. The van der Waals surface area contributed by atoms with Crippen LogP contribution in [0, 0.1) is 12.8 Å². The molecule has 3 rings (SSSR count). The highest BCUT2D eigenvalue weighted by molar-refractivity contribution is 7.89. The number of anilines is 2. The van der Waals surface area contributed by atoms with Gasteiger partial charge in [-0.15, -0.1) is 0 Å². The average Bonchev–Trinajstić information content (AvgIpc) is 3.15. The van der Waals surface area contributed by atoms with Crippen molar-refractivity contribution in [3.8, 4) is 0 Å². The number of nitrogens with one attached hydrogen (secondary N) is 1. The molecule has 1 saturated heterocycles. The number of rotatable bonds is 7. The number of carbonyl (C=O) groups excluding carboxylic acids is 2. The summed E-state index contributed by atoms with van der Waals surface area (Å²) in [6.07, 6.45) is 1.07. The molecule has 0 radical (unpaired) electrons. The SMILES string of the molecule is CCC(C)c1ccccc1N1CC(C(=O)Nc2ccc(C)c(S(=O)(=O)N(C)C)c2)CC1=O. The highest BCUT2D eigenvalue weighted by atomic mass is 32.2. The monoisotopic (exact) mass is 457 g/mol. The third-order valence-electron chi connectivity index (χ3n) is 6.08. The van der Waals surface area contributed by atoms with Gasteiger partial charge in [0.1, 0.15) is 0 Å². The van der Waals surface area contributed by atoms with Crippen LogP contribution in [0.3, 0.4) is 0 Å². The van der Waals surface area contributed by atoms with E-state index in [2.05, 4.69) is 19.2 Å². The molecule has 8 heteroatoms. The van der Waals surface area contributed by atoms with Crippen molar-refractivity contribution in [3.05, 3.63) is 53.6 Å². The lowest BCUT2D eigenvalue weighted by atomic mass is 9.96. The summed E-state index contributed by atoms with van der Waals surface area (Å²) >= 11 is 0. The molecule has 1 aliphatic rings. The van der Waals surface area contributed by atoms with Crippen molar-refractivity contribution in [1.82, 2.24) is 4.31 Å². The summed E-state index contributed by atoms with van der Waals surface area (Å²) in [7, 11) is -0.698. The van der Waals surface area contributed by atoms with Crippen LogP contribution >= 0.6 is 0 Å². The van der Waals surface area contributed by atoms with Crippen molar-refractivity contribution in [2.24, 2.45) is 5.92 Å². The maximum atomic E-state index is 12.9. The Morgan fingerprint density at radius 2 is 1.91 bits per heavy atom. The maximum absolute atomic E-state index is 12.9. The first-order valence-electron chi connectivity index (χ1n) is 10.8. The summed E-state index contributed by atoms with van der Waals surface area (Å²) < 4.78 is 26.3. The van der Waals surface area contributed by atoms with Crippen LogP contribution in [0.2, 0.25) is 0 Å². The Kier molecular flexibility index (Phi) is 7.05. The predicted octanol–water partition coefficient (Wildman–Crippen LogP) is 3.75. The Morgan fingerprint density at radius 3 is 2.56 bits per heavy atom. The number of amides is 2. The number of para-hydroxylation sites is 1. The van der Waals surface area contributed by atoms with Gasteiger partial charge in [-0.2, -0.15) is 0 Å². The van der Waals surface area contributed by atoms with Crippen molar-refractivity contribution in [2.45, 2.75) is 44.4 Å². The molecule has 172 valence electrons. The molecule has 2 unspecified atom stereocenters. The van der Waals surface area contributed by atoms with Crippen molar-refractivity contribution >= 4 is 33.2 Å². The molecule has 2 aromatic rings. The molecule has 0 bridgehead atoms. The Labute approximate surface area is 190 Å².